The van der Waals surface area contributed by atoms with Crippen LogP contribution >= 0.6 is 0 Å². The third kappa shape index (κ3) is 4.51. The first-order valence-electron chi connectivity index (χ1n) is 7.36. The van der Waals surface area contributed by atoms with E-state index in [1.54, 1.807) is 6.07 Å². The molecule has 0 saturated carbocycles. The molecule has 3 nitrogen and oxygen atoms in total. The van der Waals surface area contributed by atoms with Crippen molar-refractivity contribution >= 4 is 0 Å². The highest BCUT2D eigenvalue weighted by atomic mass is 16.3. The molecule has 1 saturated heterocycles. The highest BCUT2D eigenvalue weighted by molar-refractivity contribution is 5.28. The van der Waals surface area contributed by atoms with E-state index in [-0.39, 0.29) is 0 Å². The van der Waals surface area contributed by atoms with Gasteiger partial charge in [-0.15, -0.1) is 0 Å². The molecule has 0 radical (unpaired) electrons. The van der Waals surface area contributed by atoms with Crippen LogP contribution in [0.5, 0.6) is 5.75 Å². The normalized spacial score (nSPS) is 19.5. The zero-order valence-corrected chi connectivity index (χ0v) is 12.1. The Balaban J connectivity index is 1.70. The van der Waals surface area contributed by atoms with Crippen LogP contribution in [0.15, 0.2) is 24.3 Å². The minimum Gasteiger partial charge on any atom is -0.508 e. The van der Waals surface area contributed by atoms with Crippen molar-refractivity contribution in [3.8, 4) is 5.75 Å². The lowest BCUT2D eigenvalue weighted by Crippen LogP contribution is -2.32. The summed E-state index contributed by atoms with van der Waals surface area (Å²) in [6, 6.07) is 7.83. The van der Waals surface area contributed by atoms with Gasteiger partial charge in [-0.25, -0.2) is 0 Å². The summed E-state index contributed by atoms with van der Waals surface area (Å²) in [5.41, 5.74) is 1.16. The molecule has 1 aromatic carbocycles. The van der Waals surface area contributed by atoms with Gasteiger partial charge in [0.1, 0.15) is 5.75 Å². The van der Waals surface area contributed by atoms with Crippen LogP contribution in [-0.4, -0.2) is 36.7 Å². The first-order valence-corrected chi connectivity index (χ1v) is 7.36. The maximum atomic E-state index is 9.48. The molecule has 1 aromatic rings. The molecule has 0 aliphatic carbocycles. The summed E-state index contributed by atoms with van der Waals surface area (Å²) in [4.78, 5) is 2.42. The number of hydrogen-bond donors (Lipinski definition) is 2. The molecule has 0 amide bonds. The van der Waals surface area contributed by atoms with E-state index in [2.05, 4.69) is 30.3 Å². The quantitative estimate of drug-likeness (QED) is 0.856. The molecular formula is C16H26N2O. The molecule has 1 fully saturated rings. The molecule has 0 spiro atoms. The molecule has 1 aliphatic rings. The fraction of sp³-hybridized carbons (Fsp3) is 0.625. The highest BCUT2D eigenvalue weighted by Crippen LogP contribution is 2.20. The van der Waals surface area contributed by atoms with Gasteiger partial charge in [-0.3, -0.25) is 0 Å². The van der Waals surface area contributed by atoms with Gasteiger partial charge < -0.3 is 15.3 Å². The van der Waals surface area contributed by atoms with Gasteiger partial charge in [-0.05, 0) is 76.5 Å². The molecule has 1 unspecified atom stereocenters. The van der Waals surface area contributed by atoms with Crippen molar-refractivity contribution in [3.63, 3.8) is 0 Å². The second-order valence-electron chi connectivity index (χ2n) is 5.81. The topological polar surface area (TPSA) is 35.5 Å². The zero-order chi connectivity index (χ0) is 13.7. The van der Waals surface area contributed by atoms with Gasteiger partial charge in [-0.1, -0.05) is 12.1 Å². The van der Waals surface area contributed by atoms with Gasteiger partial charge in [0.05, 0.1) is 0 Å². The summed E-state index contributed by atoms with van der Waals surface area (Å²) in [5.74, 6) is 1.22. The summed E-state index contributed by atoms with van der Waals surface area (Å²) < 4.78 is 0. The average molecular weight is 262 g/mol. The van der Waals surface area contributed by atoms with Crippen molar-refractivity contribution in [2.24, 2.45) is 5.92 Å². The number of phenols is 1. The van der Waals surface area contributed by atoms with Gasteiger partial charge in [-0.2, -0.15) is 0 Å². The maximum absolute atomic E-state index is 9.48. The van der Waals surface area contributed by atoms with Crippen LogP contribution in [0.3, 0.4) is 0 Å². The second kappa shape index (κ2) is 6.92. The van der Waals surface area contributed by atoms with Gasteiger partial charge in [0.2, 0.25) is 0 Å². The van der Waals surface area contributed by atoms with Crippen molar-refractivity contribution < 1.29 is 5.11 Å². The van der Waals surface area contributed by atoms with E-state index >= 15 is 0 Å². The van der Waals surface area contributed by atoms with Gasteiger partial charge in [0.15, 0.2) is 0 Å². The van der Waals surface area contributed by atoms with Crippen molar-refractivity contribution in [3.05, 3.63) is 29.8 Å². The Morgan fingerprint density at radius 3 is 2.79 bits per heavy atom. The standard InChI is InChI=1S/C16H26N2O/c1-13(15-4-3-5-16(19)12-15)17-9-6-14-7-10-18(2)11-8-14/h3-5,12-14,17,19H,6-11H2,1-2H3. The van der Waals surface area contributed by atoms with Crippen LogP contribution in [0.2, 0.25) is 0 Å². The summed E-state index contributed by atoms with van der Waals surface area (Å²) in [5, 5.41) is 13.0. The van der Waals surface area contributed by atoms with E-state index < -0.39 is 0 Å². The van der Waals surface area contributed by atoms with Crippen LogP contribution in [0.1, 0.15) is 37.8 Å². The van der Waals surface area contributed by atoms with Crippen molar-refractivity contribution in [2.75, 3.05) is 26.7 Å². The van der Waals surface area contributed by atoms with Crippen LogP contribution < -0.4 is 5.32 Å². The first-order chi connectivity index (χ1) is 9.15. The number of aromatic hydroxyl groups is 1. The van der Waals surface area contributed by atoms with Crippen LogP contribution in [0.4, 0.5) is 0 Å². The van der Waals surface area contributed by atoms with E-state index in [4.69, 9.17) is 0 Å². The number of rotatable bonds is 5. The fourth-order valence-electron chi connectivity index (χ4n) is 2.77. The van der Waals surface area contributed by atoms with Gasteiger partial charge >= 0.3 is 0 Å². The van der Waals surface area contributed by atoms with Crippen molar-refractivity contribution in [2.45, 2.75) is 32.2 Å². The SMILES string of the molecule is CC(NCCC1CCN(C)CC1)c1cccc(O)c1. The molecular weight excluding hydrogens is 236 g/mol. The minimum atomic E-state index is 0.304. The fourth-order valence-corrected chi connectivity index (χ4v) is 2.77. The van der Waals surface area contributed by atoms with Crippen molar-refractivity contribution in [1.82, 2.24) is 10.2 Å². The number of nitrogens with zero attached hydrogens (tertiary/aromatic N) is 1. The Hall–Kier alpha value is -1.06. The van der Waals surface area contributed by atoms with Crippen LogP contribution in [0, 0.1) is 5.92 Å². The molecule has 0 bridgehead atoms. The number of nitrogens with one attached hydrogen (secondary N) is 1. The van der Waals surface area contributed by atoms with E-state index in [1.807, 2.05) is 12.1 Å². The lowest BCUT2D eigenvalue weighted by Gasteiger charge is -2.29. The third-order valence-corrected chi connectivity index (χ3v) is 4.21. The number of benzene rings is 1. The predicted octanol–water partition coefficient (Wildman–Crippen LogP) is 2.77. The molecule has 2 N–H and O–H groups in total. The molecule has 2 rings (SSSR count). The maximum Gasteiger partial charge on any atom is 0.115 e. The Bertz CT molecular complexity index is 386. The molecule has 3 heteroatoms. The lowest BCUT2D eigenvalue weighted by molar-refractivity contribution is 0.211. The summed E-state index contributed by atoms with van der Waals surface area (Å²) in [6.07, 6.45) is 3.92. The van der Waals surface area contributed by atoms with Crippen LogP contribution in [0.25, 0.3) is 0 Å². The summed E-state index contributed by atoms with van der Waals surface area (Å²) in [6.45, 7) is 5.70. The molecule has 1 atom stereocenters. The van der Waals surface area contributed by atoms with E-state index in [1.165, 1.54) is 32.4 Å². The Labute approximate surface area is 116 Å². The number of piperidine rings is 1. The number of hydrogen-bond acceptors (Lipinski definition) is 3. The highest BCUT2D eigenvalue weighted by Gasteiger charge is 2.16. The lowest BCUT2D eigenvalue weighted by atomic mass is 9.93. The average Bonchev–Trinajstić information content (AvgIpc) is 2.41. The predicted molar refractivity (Wildman–Crippen MR) is 79.4 cm³/mol. The van der Waals surface area contributed by atoms with Gasteiger partial charge in [0, 0.05) is 6.04 Å². The number of likely N-dealkylation sites (tertiary alicyclic amines) is 1. The largest absolute Gasteiger partial charge is 0.508 e. The van der Waals surface area contributed by atoms with E-state index in [0.717, 1.165) is 18.0 Å². The smallest absolute Gasteiger partial charge is 0.115 e. The summed E-state index contributed by atoms with van der Waals surface area (Å²) >= 11 is 0. The molecule has 1 heterocycles. The van der Waals surface area contributed by atoms with Crippen LogP contribution in [-0.2, 0) is 0 Å². The summed E-state index contributed by atoms with van der Waals surface area (Å²) in [7, 11) is 2.21. The first kappa shape index (κ1) is 14.4. The Kier molecular flexibility index (Phi) is 5.23. The van der Waals surface area contributed by atoms with E-state index in [0.29, 0.717) is 11.8 Å². The molecule has 106 valence electrons. The third-order valence-electron chi connectivity index (χ3n) is 4.21. The second-order valence-corrected chi connectivity index (χ2v) is 5.81. The zero-order valence-electron chi connectivity index (χ0n) is 12.1. The Morgan fingerprint density at radius 1 is 1.37 bits per heavy atom. The molecule has 0 aromatic heterocycles. The monoisotopic (exact) mass is 262 g/mol. The van der Waals surface area contributed by atoms with Crippen molar-refractivity contribution in [1.29, 1.82) is 0 Å². The Morgan fingerprint density at radius 2 is 2.11 bits per heavy atom. The molecule has 19 heavy (non-hydrogen) atoms. The van der Waals surface area contributed by atoms with E-state index in [9.17, 15) is 5.11 Å². The number of phenolic OH excluding ortho intramolecular Hbond substituents is 1. The molecule has 1 aliphatic heterocycles. The van der Waals surface area contributed by atoms with Gasteiger partial charge in [0.25, 0.3) is 0 Å². The minimum absolute atomic E-state index is 0.304.